The van der Waals surface area contributed by atoms with E-state index in [2.05, 4.69) is 22.1 Å². The molecule has 5 nitrogen and oxygen atoms in total. The summed E-state index contributed by atoms with van der Waals surface area (Å²) in [6.45, 7) is 2.05. The predicted molar refractivity (Wildman–Crippen MR) is 80.9 cm³/mol. The zero-order valence-electron chi connectivity index (χ0n) is 12.1. The minimum absolute atomic E-state index is 0.179. The summed E-state index contributed by atoms with van der Waals surface area (Å²) in [5, 5.41) is 0. The number of benzene rings is 1. The van der Waals surface area contributed by atoms with Gasteiger partial charge < -0.3 is 10.5 Å². The first-order valence-electron chi connectivity index (χ1n) is 7.03. The Morgan fingerprint density at radius 3 is 2.67 bits per heavy atom. The van der Waals surface area contributed by atoms with E-state index in [9.17, 15) is 4.79 Å². The highest BCUT2D eigenvalue weighted by atomic mass is 16.5. The maximum atomic E-state index is 11.6. The van der Waals surface area contributed by atoms with Crippen molar-refractivity contribution >= 4 is 11.8 Å². The Kier molecular flexibility index (Phi) is 5.26. The largest absolute Gasteiger partial charge is 0.462 e. The van der Waals surface area contributed by atoms with Crippen LogP contribution in [0.15, 0.2) is 36.5 Å². The highest BCUT2D eigenvalue weighted by Gasteiger charge is 2.13. The molecule has 0 saturated carbocycles. The quantitative estimate of drug-likeness (QED) is 0.825. The highest BCUT2D eigenvalue weighted by molar-refractivity contribution is 5.93. The number of rotatable bonds is 6. The maximum Gasteiger partial charge on any atom is 0.343 e. The van der Waals surface area contributed by atoms with Gasteiger partial charge in [-0.1, -0.05) is 30.3 Å². The molecule has 0 aliphatic carbocycles. The van der Waals surface area contributed by atoms with Gasteiger partial charge in [0.1, 0.15) is 17.2 Å². The summed E-state index contributed by atoms with van der Waals surface area (Å²) in [5.74, 6) is 0.348. The summed E-state index contributed by atoms with van der Waals surface area (Å²) in [5.41, 5.74) is 7.29. The van der Waals surface area contributed by atoms with Gasteiger partial charge in [0.05, 0.1) is 6.61 Å². The average molecular weight is 285 g/mol. The Morgan fingerprint density at radius 2 is 2.00 bits per heavy atom. The molecule has 0 spiro atoms. The van der Waals surface area contributed by atoms with Crippen LogP contribution >= 0.6 is 0 Å². The topological polar surface area (TPSA) is 78.1 Å². The number of ether oxygens (including phenoxy) is 1. The molecule has 1 aromatic heterocycles. The molecule has 110 valence electrons. The van der Waals surface area contributed by atoms with E-state index in [4.69, 9.17) is 10.5 Å². The van der Waals surface area contributed by atoms with Crippen LogP contribution in [-0.4, -0.2) is 22.5 Å². The summed E-state index contributed by atoms with van der Waals surface area (Å²) >= 11 is 0. The van der Waals surface area contributed by atoms with E-state index in [0.717, 1.165) is 19.3 Å². The molecule has 1 heterocycles. The molecule has 21 heavy (non-hydrogen) atoms. The van der Waals surface area contributed by atoms with Crippen molar-refractivity contribution in [2.24, 2.45) is 0 Å². The Morgan fingerprint density at radius 1 is 1.24 bits per heavy atom. The molecule has 0 unspecified atom stereocenters. The maximum absolute atomic E-state index is 11.6. The lowest BCUT2D eigenvalue weighted by Gasteiger charge is -2.06. The van der Waals surface area contributed by atoms with Crippen molar-refractivity contribution < 1.29 is 9.53 Å². The lowest BCUT2D eigenvalue weighted by Crippen LogP contribution is -2.11. The van der Waals surface area contributed by atoms with Crippen molar-refractivity contribution in [3.8, 4) is 0 Å². The van der Waals surface area contributed by atoms with Crippen LogP contribution < -0.4 is 5.73 Å². The first-order chi connectivity index (χ1) is 10.2. The minimum Gasteiger partial charge on any atom is -0.462 e. The molecule has 0 fully saturated rings. The van der Waals surface area contributed by atoms with Gasteiger partial charge in [0, 0.05) is 12.6 Å². The zero-order valence-corrected chi connectivity index (χ0v) is 12.1. The van der Waals surface area contributed by atoms with Gasteiger partial charge in [-0.3, -0.25) is 0 Å². The summed E-state index contributed by atoms with van der Waals surface area (Å²) in [7, 11) is 0. The number of nitrogens with zero attached hydrogens (tertiary/aromatic N) is 2. The Hall–Kier alpha value is -2.43. The molecule has 0 atom stereocenters. The summed E-state index contributed by atoms with van der Waals surface area (Å²) in [4.78, 5) is 19.9. The second kappa shape index (κ2) is 7.38. The van der Waals surface area contributed by atoms with Gasteiger partial charge in [-0.25, -0.2) is 14.8 Å². The molecule has 0 radical (unpaired) electrons. The number of nitrogens with two attached hydrogens (primary N) is 1. The van der Waals surface area contributed by atoms with Crippen molar-refractivity contribution in [3.63, 3.8) is 0 Å². The molecule has 0 bridgehead atoms. The van der Waals surface area contributed by atoms with Crippen molar-refractivity contribution in [2.75, 3.05) is 12.3 Å². The molecule has 5 heteroatoms. The van der Waals surface area contributed by atoms with Crippen LogP contribution in [0.1, 0.15) is 35.1 Å². The fourth-order valence-electron chi connectivity index (χ4n) is 2.02. The predicted octanol–water partition coefficient (Wildman–Crippen LogP) is 2.41. The molecular weight excluding hydrogens is 266 g/mol. The number of carbonyl (C=O) groups excluding carboxylic acids is 1. The van der Waals surface area contributed by atoms with Gasteiger partial charge in [-0.2, -0.15) is 0 Å². The van der Waals surface area contributed by atoms with Crippen molar-refractivity contribution in [2.45, 2.75) is 26.2 Å². The number of carbonyl (C=O) groups is 1. The molecular formula is C16H19N3O2. The molecule has 2 rings (SSSR count). The highest BCUT2D eigenvalue weighted by Crippen LogP contribution is 2.11. The lowest BCUT2D eigenvalue weighted by atomic mass is 10.1. The van der Waals surface area contributed by atoms with Gasteiger partial charge in [0.25, 0.3) is 0 Å². The lowest BCUT2D eigenvalue weighted by molar-refractivity contribution is 0.0526. The second-order valence-corrected chi connectivity index (χ2v) is 4.64. The second-order valence-electron chi connectivity index (χ2n) is 4.64. The summed E-state index contributed by atoms with van der Waals surface area (Å²) in [6.07, 6.45) is 4.06. The van der Waals surface area contributed by atoms with E-state index < -0.39 is 5.97 Å². The molecule has 0 amide bonds. The number of esters is 1. The van der Waals surface area contributed by atoms with Crippen LogP contribution in [0.3, 0.4) is 0 Å². The third-order valence-corrected chi connectivity index (χ3v) is 3.07. The fourth-order valence-corrected chi connectivity index (χ4v) is 2.02. The molecule has 2 aromatic rings. The van der Waals surface area contributed by atoms with E-state index in [1.807, 2.05) is 18.2 Å². The van der Waals surface area contributed by atoms with Gasteiger partial charge in [0.15, 0.2) is 0 Å². The van der Waals surface area contributed by atoms with Gasteiger partial charge in [0.2, 0.25) is 0 Å². The van der Waals surface area contributed by atoms with Gasteiger partial charge >= 0.3 is 5.97 Å². The summed E-state index contributed by atoms with van der Waals surface area (Å²) < 4.78 is 4.89. The standard InChI is InChI=1S/C16H19N3O2/c1-2-21-16(20)13-11-18-14(19-15(13)17)10-6-9-12-7-4-3-5-8-12/h3-5,7-8,11H,2,6,9-10H2,1H3,(H2,17,18,19). The SMILES string of the molecule is CCOC(=O)c1cnc(CCCc2ccccc2)nc1N. The van der Waals surface area contributed by atoms with E-state index in [0.29, 0.717) is 12.4 Å². The molecule has 0 aliphatic rings. The van der Waals surface area contributed by atoms with Crippen LogP contribution in [0.2, 0.25) is 0 Å². The van der Waals surface area contributed by atoms with Crippen LogP contribution in [0.25, 0.3) is 0 Å². The van der Waals surface area contributed by atoms with Crippen LogP contribution in [0.4, 0.5) is 5.82 Å². The van der Waals surface area contributed by atoms with Gasteiger partial charge in [-0.05, 0) is 25.3 Å². The number of aryl methyl sites for hydroxylation is 2. The third kappa shape index (κ3) is 4.27. The fraction of sp³-hybridized carbons (Fsp3) is 0.312. The van der Waals surface area contributed by atoms with Crippen molar-refractivity contribution in [1.82, 2.24) is 9.97 Å². The normalized spacial score (nSPS) is 10.3. The third-order valence-electron chi connectivity index (χ3n) is 3.07. The Balaban J connectivity index is 1.93. The number of hydrogen-bond acceptors (Lipinski definition) is 5. The summed E-state index contributed by atoms with van der Waals surface area (Å²) in [6, 6.07) is 10.2. The van der Waals surface area contributed by atoms with Crippen LogP contribution in [0.5, 0.6) is 0 Å². The van der Waals surface area contributed by atoms with E-state index in [-0.39, 0.29) is 11.4 Å². The van der Waals surface area contributed by atoms with Crippen molar-refractivity contribution in [3.05, 3.63) is 53.5 Å². The number of aromatic nitrogens is 2. The number of anilines is 1. The monoisotopic (exact) mass is 285 g/mol. The zero-order chi connectivity index (χ0) is 15.1. The van der Waals surface area contributed by atoms with Crippen molar-refractivity contribution in [1.29, 1.82) is 0 Å². The van der Waals surface area contributed by atoms with Crippen LogP contribution in [-0.2, 0) is 17.6 Å². The van der Waals surface area contributed by atoms with E-state index in [1.54, 1.807) is 6.92 Å². The molecule has 0 saturated heterocycles. The Labute approximate surface area is 124 Å². The molecule has 2 N–H and O–H groups in total. The van der Waals surface area contributed by atoms with E-state index >= 15 is 0 Å². The number of hydrogen-bond donors (Lipinski definition) is 1. The minimum atomic E-state index is -0.481. The molecule has 1 aromatic carbocycles. The molecule has 0 aliphatic heterocycles. The first-order valence-corrected chi connectivity index (χ1v) is 7.03. The van der Waals surface area contributed by atoms with E-state index in [1.165, 1.54) is 11.8 Å². The smallest absolute Gasteiger partial charge is 0.343 e. The number of nitrogen functional groups attached to an aromatic ring is 1. The van der Waals surface area contributed by atoms with Crippen LogP contribution in [0, 0.1) is 0 Å². The van der Waals surface area contributed by atoms with Gasteiger partial charge in [-0.15, -0.1) is 0 Å². The Bertz CT molecular complexity index is 600. The first kappa shape index (κ1) is 15.0. The average Bonchev–Trinajstić information content (AvgIpc) is 2.48.